The van der Waals surface area contributed by atoms with Crippen LogP contribution in [-0.2, 0) is 12.8 Å². The van der Waals surface area contributed by atoms with Crippen LogP contribution in [0.25, 0.3) is 0 Å². The molecule has 0 radical (unpaired) electrons. The van der Waals surface area contributed by atoms with Crippen LogP contribution in [-0.4, -0.2) is 0 Å². The topological polar surface area (TPSA) is 0 Å². The summed E-state index contributed by atoms with van der Waals surface area (Å²) in [5, 5.41) is 0. The van der Waals surface area contributed by atoms with Crippen molar-refractivity contribution in [2.45, 2.75) is 117 Å². The molecule has 0 spiro atoms. The van der Waals surface area contributed by atoms with Gasteiger partial charge in [-0.3, -0.25) is 0 Å². The van der Waals surface area contributed by atoms with E-state index in [1.165, 1.54) is 114 Å². The van der Waals surface area contributed by atoms with Crippen molar-refractivity contribution in [3.05, 3.63) is 66.8 Å². The molecule has 2 aromatic carbocycles. The number of halogens is 7. The van der Waals surface area contributed by atoms with E-state index >= 15 is 0 Å². The van der Waals surface area contributed by atoms with E-state index in [0.29, 0.717) is 0 Å². The SMILES string of the molecule is CCCCCCCCCc1ccc([I+]c2ccc(CCCCCCCCC)cc2)cc1.F[P-](F)(F)(F)(F)F. The van der Waals surface area contributed by atoms with Gasteiger partial charge in [0.15, 0.2) is 7.14 Å². The van der Waals surface area contributed by atoms with Crippen molar-refractivity contribution in [3.8, 4) is 0 Å². The average Bonchev–Trinajstić information content (AvgIpc) is 2.83. The van der Waals surface area contributed by atoms with Gasteiger partial charge in [0.25, 0.3) is 0 Å². The Bertz CT molecular complexity index is 794. The van der Waals surface area contributed by atoms with E-state index in [1.807, 2.05) is 0 Å². The van der Waals surface area contributed by atoms with Gasteiger partial charge in [-0.25, -0.2) is 0 Å². The fraction of sp³-hybridized carbons (Fsp3) is 0.600. The number of benzene rings is 2. The molecule has 0 unspecified atom stereocenters. The van der Waals surface area contributed by atoms with Crippen molar-refractivity contribution in [2.24, 2.45) is 0 Å². The molecule has 0 saturated carbocycles. The first kappa shape index (κ1) is 35.2. The summed E-state index contributed by atoms with van der Waals surface area (Å²) >= 11 is -0.0486. The maximum absolute atomic E-state index is 10.7. The van der Waals surface area contributed by atoms with E-state index in [0.717, 1.165) is 0 Å². The van der Waals surface area contributed by atoms with Gasteiger partial charge in [-0.15, -0.1) is 0 Å². The molecule has 0 fully saturated rings. The molecule has 0 aromatic heterocycles. The molecule has 0 aliphatic heterocycles. The van der Waals surface area contributed by atoms with Crippen LogP contribution in [0.3, 0.4) is 0 Å². The average molecular weight is 679 g/mol. The predicted octanol–water partition coefficient (Wildman–Crippen LogP) is 9.78. The monoisotopic (exact) mass is 678 g/mol. The molecule has 0 amide bonds. The zero-order valence-electron chi connectivity index (χ0n) is 23.0. The van der Waals surface area contributed by atoms with Crippen LogP contribution >= 0.6 is 7.81 Å². The van der Waals surface area contributed by atoms with E-state index in [1.54, 1.807) is 7.14 Å². The van der Waals surface area contributed by atoms with Gasteiger partial charge in [-0.2, -0.15) is 0 Å². The second kappa shape index (κ2) is 17.1. The van der Waals surface area contributed by atoms with Gasteiger partial charge in [0, 0.05) is 0 Å². The zero-order chi connectivity index (χ0) is 28.4. The van der Waals surface area contributed by atoms with Crippen LogP contribution in [0.4, 0.5) is 25.2 Å². The molecule has 0 atom stereocenters. The molecular weight excluding hydrogens is 632 g/mol. The molecule has 2 aromatic rings. The Hall–Kier alpha value is -0.820. The Morgan fingerprint density at radius 3 is 1.00 bits per heavy atom. The number of rotatable bonds is 18. The molecule has 220 valence electrons. The summed E-state index contributed by atoms with van der Waals surface area (Å²) < 4.78 is 62.3. The first-order chi connectivity index (χ1) is 17.8. The van der Waals surface area contributed by atoms with E-state index in [9.17, 15) is 25.2 Å². The summed E-state index contributed by atoms with van der Waals surface area (Å²) in [6.07, 6.45) is 22.0. The van der Waals surface area contributed by atoms with Gasteiger partial charge in [-0.05, 0) is 61.1 Å². The van der Waals surface area contributed by atoms with Crippen LogP contribution in [0.2, 0.25) is 0 Å². The van der Waals surface area contributed by atoms with E-state index in [2.05, 4.69) is 62.4 Å². The van der Waals surface area contributed by atoms with Crippen LogP contribution in [0.15, 0.2) is 48.5 Å². The van der Waals surface area contributed by atoms with Crippen molar-refractivity contribution < 1.29 is 46.4 Å². The van der Waals surface area contributed by atoms with Gasteiger partial charge in [0.05, 0.1) is 0 Å². The van der Waals surface area contributed by atoms with Gasteiger partial charge in [-0.1, -0.05) is 115 Å². The Labute approximate surface area is 236 Å². The first-order valence-electron chi connectivity index (χ1n) is 14.2. The van der Waals surface area contributed by atoms with Gasteiger partial charge in [0.1, 0.15) is 0 Å². The minimum atomic E-state index is -10.7. The van der Waals surface area contributed by atoms with Crippen LogP contribution in [0.5, 0.6) is 0 Å². The number of hydrogen-bond donors (Lipinski definition) is 0. The van der Waals surface area contributed by atoms with Crippen molar-refractivity contribution in [2.75, 3.05) is 0 Å². The molecule has 38 heavy (non-hydrogen) atoms. The van der Waals surface area contributed by atoms with Gasteiger partial charge in [0.2, 0.25) is 0 Å². The fourth-order valence-corrected chi connectivity index (χ4v) is 6.28. The summed E-state index contributed by atoms with van der Waals surface area (Å²) in [6.45, 7) is 4.58. The second-order valence-corrected chi connectivity index (χ2v) is 15.0. The van der Waals surface area contributed by atoms with E-state index in [4.69, 9.17) is 0 Å². The van der Waals surface area contributed by atoms with Crippen molar-refractivity contribution >= 4 is 7.81 Å². The minimum absolute atomic E-state index is 0.0486. The quantitative estimate of drug-likeness (QED) is 0.0638. The van der Waals surface area contributed by atoms with Gasteiger partial charge >= 0.3 is 54.2 Å². The summed E-state index contributed by atoms with van der Waals surface area (Å²) in [5.41, 5.74) is 3.04. The van der Waals surface area contributed by atoms with Crippen molar-refractivity contribution in [1.82, 2.24) is 0 Å². The number of aryl methyl sites for hydroxylation is 2. The molecule has 0 nitrogen and oxygen atoms in total. The molecule has 0 aliphatic carbocycles. The van der Waals surface area contributed by atoms with E-state index < -0.39 is 7.81 Å². The van der Waals surface area contributed by atoms with Gasteiger partial charge < -0.3 is 0 Å². The molecule has 2 rings (SSSR count). The summed E-state index contributed by atoms with van der Waals surface area (Å²) in [5.74, 6) is 0. The Balaban J connectivity index is 0.000000905. The summed E-state index contributed by atoms with van der Waals surface area (Å²) in [6, 6.07) is 19.0. The third-order valence-corrected chi connectivity index (χ3v) is 8.87. The van der Waals surface area contributed by atoms with Crippen molar-refractivity contribution in [1.29, 1.82) is 0 Å². The number of unbranched alkanes of at least 4 members (excludes halogenated alkanes) is 12. The standard InChI is InChI=1S/C30H46I.F6P/c1-3-5-7-9-11-13-15-17-27-19-23-29(24-20-27)31-30-25-21-28(22-26-30)18-16-14-12-10-8-6-4-2;1-7(2,3,4,5)6/h19-26H,3-18H2,1-2H3;/q+1;-1. The molecule has 8 heteroatoms. The molecule has 0 N–H and O–H groups in total. The van der Waals surface area contributed by atoms with Crippen LogP contribution in [0, 0.1) is 7.14 Å². The molecule has 0 saturated heterocycles. The fourth-order valence-electron chi connectivity index (χ4n) is 4.13. The maximum atomic E-state index is 9.87. The summed E-state index contributed by atoms with van der Waals surface area (Å²) in [4.78, 5) is 0. The summed E-state index contributed by atoms with van der Waals surface area (Å²) in [7, 11) is -10.7. The molecule has 0 bridgehead atoms. The number of hydrogen-bond acceptors (Lipinski definition) is 0. The Morgan fingerprint density at radius 1 is 0.447 bits per heavy atom. The van der Waals surface area contributed by atoms with Crippen molar-refractivity contribution in [3.63, 3.8) is 0 Å². The third-order valence-electron chi connectivity index (χ3n) is 6.18. The first-order valence-corrected chi connectivity index (χ1v) is 18.3. The van der Waals surface area contributed by atoms with Crippen LogP contribution < -0.4 is 21.2 Å². The normalized spacial score (nSPS) is 13.4. The molecule has 0 aliphatic rings. The molecule has 0 heterocycles. The predicted molar refractivity (Wildman–Crippen MR) is 147 cm³/mol. The Kier molecular flexibility index (Phi) is 15.8. The third kappa shape index (κ3) is 24.2. The van der Waals surface area contributed by atoms with E-state index in [-0.39, 0.29) is 21.2 Å². The van der Waals surface area contributed by atoms with Crippen LogP contribution in [0.1, 0.15) is 115 Å². The Morgan fingerprint density at radius 2 is 0.711 bits per heavy atom. The molecular formula is C30H46F6IP. The zero-order valence-corrected chi connectivity index (χ0v) is 26.1. The second-order valence-electron chi connectivity index (χ2n) is 10.0.